The van der Waals surface area contributed by atoms with Gasteiger partial charge in [0.2, 0.25) is 5.95 Å². The zero-order valence-electron chi connectivity index (χ0n) is 16.5. The van der Waals surface area contributed by atoms with E-state index in [9.17, 15) is 0 Å². The number of aromatic nitrogens is 2. The molecule has 0 aliphatic carbocycles. The molecule has 0 spiro atoms. The molecule has 2 aromatic carbocycles. The first-order chi connectivity index (χ1) is 13.1. The molecule has 1 aliphatic rings. The summed E-state index contributed by atoms with van der Waals surface area (Å²) >= 11 is 0. The van der Waals surface area contributed by atoms with Crippen molar-refractivity contribution in [2.75, 3.05) is 23.4 Å². The predicted octanol–water partition coefficient (Wildman–Crippen LogP) is 4.99. The van der Waals surface area contributed by atoms with Crippen LogP contribution in [-0.2, 0) is 6.42 Å². The number of hydrogen-bond donors (Lipinski definition) is 0. The molecule has 0 fully saturated rings. The molecule has 1 aromatic heterocycles. The van der Waals surface area contributed by atoms with Gasteiger partial charge in [-0.25, -0.2) is 4.98 Å². The van der Waals surface area contributed by atoms with Gasteiger partial charge in [0.1, 0.15) is 5.82 Å². The molecule has 138 valence electrons. The molecule has 0 N–H and O–H groups in total. The SMILES string of the molecule is Cc1nc(N(C)c2ccccc2)nc(N2CCc3ccccc3[C@@H]2C)c1C. The van der Waals surface area contributed by atoms with Crippen LogP contribution in [0, 0.1) is 13.8 Å². The quantitative estimate of drug-likeness (QED) is 0.660. The van der Waals surface area contributed by atoms with Gasteiger partial charge in [-0.3, -0.25) is 0 Å². The van der Waals surface area contributed by atoms with E-state index in [0.717, 1.165) is 41.7 Å². The van der Waals surface area contributed by atoms with E-state index < -0.39 is 0 Å². The van der Waals surface area contributed by atoms with Crippen LogP contribution in [0.2, 0.25) is 0 Å². The zero-order valence-corrected chi connectivity index (χ0v) is 16.5. The number of hydrogen-bond acceptors (Lipinski definition) is 4. The van der Waals surface area contributed by atoms with Crippen molar-refractivity contribution in [1.29, 1.82) is 0 Å². The zero-order chi connectivity index (χ0) is 19.0. The molecule has 1 aliphatic heterocycles. The third-order valence-corrected chi connectivity index (χ3v) is 5.66. The summed E-state index contributed by atoms with van der Waals surface area (Å²) in [5.41, 5.74) is 6.13. The highest BCUT2D eigenvalue weighted by Gasteiger charge is 2.27. The first-order valence-electron chi connectivity index (χ1n) is 9.54. The Bertz CT molecular complexity index is 952. The molecule has 4 rings (SSSR count). The lowest BCUT2D eigenvalue weighted by molar-refractivity contribution is 0.614. The number of aryl methyl sites for hydroxylation is 1. The second-order valence-corrected chi connectivity index (χ2v) is 7.27. The largest absolute Gasteiger partial charge is 0.349 e. The Morgan fingerprint density at radius 3 is 2.44 bits per heavy atom. The lowest BCUT2D eigenvalue weighted by Gasteiger charge is -2.37. The van der Waals surface area contributed by atoms with Crippen LogP contribution in [0.1, 0.15) is 35.3 Å². The Morgan fingerprint density at radius 1 is 0.963 bits per heavy atom. The summed E-state index contributed by atoms with van der Waals surface area (Å²) < 4.78 is 0. The van der Waals surface area contributed by atoms with Gasteiger partial charge >= 0.3 is 0 Å². The Kier molecular flexibility index (Phi) is 4.56. The minimum absolute atomic E-state index is 0.304. The molecule has 1 atom stereocenters. The summed E-state index contributed by atoms with van der Waals surface area (Å²) in [6.07, 6.45) is 1.05. The van der Waals surface area contributed by atoms with Gasteiger partial charge < -0.3 is 9.80 Å². The van der Waals surface area contributed by atoms with Crippen LogP contribution in [0.4, 0.5) is 17.5 Å². The van der Waals surface area contributed by atoms with Crippen LogP contribution < -0.4 is 9.80 Å². The van der Waals surface area contributed by atoms with E-state index in [2.05, 4.69) is 67.0 Å². The van der Waals surface area contributed by atoms with E-state index in [-0.39, 0.29) is 0 Å². The van der Waals surface area contributed by atoms with Gasteiger partial charge in [0.15, 0.2) is 0 Å². The third-order valence-electron chi connectivity index (χ3n) is 5.66. The van der Waals surface area contributed by atoms with E-state index in [1.54, 1.807) is 0 Å². The number of para-hydroxylation sites is 1. The summed E-state index contributed by atoms with van der Waals surface area (Å²) in [4.78, 5) is 14.2. The normalized spacial score (nSPS) is 16.1. The number of fused-ring (bicyclic) bond motifs is 1. The van der Waals surface area contributed by atoms with Gasteiger partial charge in [-0.05, 0) is 50.5 Å². The fraction of sp³-hybridized carbons (Fsp3) is 0.304. The lowest BCUT2D eigenvalue weighted by Crippen LogP contribution is -2.35. The first-order valence-corrected chi connectivity index (χ1v) is 9.54. The lowest BCUT2D eigenvalue weighted by atomic mass is 9.93. The Morgan fingerprint density at radius 2 is 1.67 bits per heavy atom. The molecular formula is C23H26N4. The van der Waals surface area contributed by atoms with E-state index >= 15 is 0 Å². The molecule has 0 saturated heterocycles. The average molecular weight is 358 g/mol. The monoisotopic (exact) mass is 358 g/mol. The molecule has 4 heteroatoms. The van der Waals surface area contributed by atoms with Crippen LogP contribution in [0.25, 0.3) is 0 Å². The van der Waals surface area contributed by atoms with Gasteiger partial charge in [0.05, 0.1) is 6.04 Å². The predicted molar refractivity (Wildman–Crippen MR) is 112 cm³/mol. The number of nitrogens with zero attached hydrogens (tertiary/aromatic N) is 4. The maximum atomic E-state index is 5.00. The summed E-state index contributed by atoms with van der Waals surface area (Å²) in [7, 11) is 2.03. The van der Waals surface area contributed by atoms with Crippen LogP contribution in [-0.4, -0.2) is 23.6 Å². The number of benzene rings is 2. The second kappa shape index (κ2) is 7.03. The Hall–Kier alpha value is -2.88. The van der Waals surface area contributed by atoms with Crippen molar-refractivity contribution in [1.82, 2.24) is 9.97 Å². The molecule has 4 nitrogen and oxygen atoms in total. The Labute approximate surface area is 161 Å². The van der Waals surface area contributed by atoms with Crippen LogP contribution >= 0.6 is 0 Å². The number of anilines is 3. The van der Waals surface area contributed by atoms with Crippen molar-refractivity contribution in [3.05, 3.63) is 77.0 Å². The topological polar surface area (TPSA) is 32.3 Å². The Balaban J connectivity index is 1.74. The van der Waals surface area contributed by atoms with Gasteiger partial charge in [0, 0.05) is 30.5 Å². The summed E-state index contributed by atoms with van der Waals surface area (Å²) in [5.74, 6) is 1.78. The first kappa shape index (κ1) is 17.5. The number of rotatable bonds is 3. The minimum atomic E-state index is 0.304. The van der Waals surface area contributed by atoms with Crippen molar-refractivity contribution in [2.24, 2.45) is 0 Å². The van der Waals surface area contributed by atoms with Gasteiger partial charge in [-0.1, -0.05) is 42.5 Å². The third kappa shape index (κ3) is 3.16. The molecule has 0 unspecified atom stereocenters. The smallest absolute Gasteiger partial charge is 0.231 e. The van der Waals surface area contributed by atoms with Gasteiger partial charge in [0.25, 0.3) is 0 Å². The van der Waals surface area contributed by atoms with Crippen molar-refractivity contribution in [3.8, 4) is 0 Å². The highest BCUT2D eigenvalue weighted by atomic mass is 15.3. The van der Waals surface area contributed by atoms with E-state index in [1.807, 2.05) is 25.2 Å². The van der Waals surface area contributed by atoms with Crippen molar-refractivity contribution < 1.29 is 0 Å². The van der Waals surface area contributed by atoms with Crippen LogP contribution in [0.5, 0.6) is 0 Å². The summed E-state index contributed by atoms with van der Waals surface area (Å²) in [5, 5.41) is 0. The van der Waals surface area contributed by atoms with Gasteiger partial charge in [-0.2, -0.15) is 4.98 Å². The molecule has 0 amide bonds. The van der Waals surface area contributed by atoms with Crippen LogP contribution in [0.15, 0.2) is 54.6 Å². The molecule has 0 bridgehead atoms. The summed E-state index contributed by atoms with van der Waals surface area (Å²) in [6.45, 7) is 7.45. The minimum Gasteiger partial charge on any atom is -0.349 e. The maximum Gasteiger partial charge on any atom is 0.231 e. The molecule has 27 heavy (non-hydrogen) atoms. The molecule has 0 radical (unpaired) electrons. The van der Waals surface area contributed by atoms with Gasteiger partial charge in [-0.15, -0.1) is 0 Å². The van der Waals surface area contributed by atoms with Crippen molar-refractivity contribution >= 4 is 17.5 Å². The highest BCUT2D eigenvalue weighted by Crippen LogP contribution is 2.35. The molecule has 0 saturated carbocycles. The summed E-state index contributed by atoms with van der Waals surface area (Å²) in [6, 6.07) is 19.3. The standard InChI is InChI=1S/C23H26N4/c1-16-17(2)24-23(26(4)20-11-6-5-7-12-20)25-22(16)27-15-14-19-10-8-9-13-21(19)18(27)3/h5-13,18H,14-15H2,1-4H3/t18-/m0/s1. The molecular weight excluding hydrogens is 332 g/mol. The molecule has 3 aromatic rings. The molecule has 2 heterocycles. The maximum absolute atomic E-state index is 5.00. The highest BCUT2D eigenvalue weighted by molar-refractivity contribution is 5.61. The second-order valence-electron chi connectivity index (χ2n) is 7.27. The van der Waals surface area contributed by atoms with Crippen molar-refractivity contribution in [3.63, 3.8) is 0 Å². The van der Waals surface area contributed by atoms with E-state index in [1.165, 1.54) is 11.1 Å². The van der Waals surface area contributed by atoms with E-state index in [0.29, 0.717) is 6.04 Å². The average Bonchev–Trinajstić information content (AvgIpc) is 2.71. The van der Waals surface area contributed by atoms with Crippen molar-refractivity contribution in [2.45, 2.75) is 33.2 Å². The van der Waals surface area contributed by atoms with E-state index in [4.69, 9.17) is 9.97 Å². The fourth-order valence-corrected chi connectivity index (χ4v) is 3.86. The van der Waals surface area contributed by atoms with Crippen LogP contribution in [0.3, 0.4) is 0 Å². The fourth-order valence-electron chi connectivity index (χ4n) is 3.86.